The maximum atomic E-state index is 11.4. The molecule has 0 radical (unpaired) electrons. The molecule has 1 aromatic carbocycles. The molecular formula is C14H22N2O3S. The Morgan fingerprint density at radius 1 is 1.30 bits per heavy atom. The van der Waals surface area contributed by atoms with E-state index in [0.717, 1.165) is 17.7 Å². The van der Waals surface area contributed by atoms with Crippen LogP contribution in [-0.4, -0.2) is 26.3 Å². The highest BCUT2D eigenvalue weighted by atomic mass is 32.2. The molecule has 2 unspecified atom stereocenters. The lowest BCUT2D eigenvalue weighted by Gasteiger charge is -2.30. The molecule has 0 spiro atoms. The fourth-order valence-corrected chi connectivity index (χ4v) is 3.30. The van der Waals surface area contributed by atoms with Gasteiger partial charge in [-0.15, -0.1) is 0 Å². The third-order valence-corrected chi connectivity index (χ3v) is 4.82. The average Bonchev–Trinajstić information content (AvgIpc) is 2.38. The smallest absolute Gasteiger partial charge is 0.213 e. The van der Waals surface area contributed by atoms with E-state index in [2.05, 4.69) is 5.32 Å². The van der Waals surface area contributed by atoms with E-state index in [1.54, 1.807) is 0 Å². The van der Waals surface area contributed by atoms with Crippen molar-refractivity contribution in [2.45, 2.75) is 44.1 Å². The highest BCUT2D eigenvalue weighted by Crippen LogP contribution is 2.31. The van der Waals surface area contributed by atoms with Crippen molar-refractivity contribution in [1.29, 1.82) is 0 Å². The molecule has 2 rings (SSSR count). The Morgan fingerprint density at radius 2 is 2.00 bits per heavy atom. The molecule has 0 amide bonds. The Kier molecular flexibility index (Phi) is 4.67. The molecule has 1 heterocycles. The highest BCUT2D eigenvalue weighted by Gasteiger charge is 2.29. The molecule has 0 saturated carbocycles. The average molecular weight is 298 g/mol. The number of piperidine rings is 1. The Labute approximate surface area is 120 Å². The van der Waals surface area contributed by atoms with E-state index in [0.29, 0.717) is 13.0 Å². The number of rotatable bonds is 4. The highest BCUT2D eigenvalue weighted by molar-refractivity contribution is 7.89. The van der Waals surface area contributed by atoms with Gasteiger partial charge in [-0.2, -0.15) is 0 Å². The van der Waals surface area contributed by atoms with Crippen LogP contribution in [0.3, 0.4) is 0 Å². The largest absolute Gasteiger partial charge is 0.491 e. The van der Waals surface area contributed by atoms with Crippen molar-refractivity contribution >= 4 is 10.0 Å². The Balaban J connectivity index is 2.11. The summed E-state index contributed by atoms with van der Waals surface area (Å²) in [6, 6.07) is 7.99. The zero-order chi connectivity index (χ0) is 14.8. The Bertz CT molecular complexity index is 549. The van der Waals surface area contributed by atoms with E-state index in [4.69, 9.17) is 9.88 Å². The van der Waals surface area contributed by atoms with Gasteiger partial charge in [0.1, 0.15) is 5.75 Å². The lowest BCUT2D eigenvalue weighted by Crippen LogP contribution is -2.43. The first-order valence-corrected chi connectivity index (χ1v) is 8.49. The van der Waals surface area contributed by atoms with Gasteiger partial charge >= 0.3 is 0 Å². The van der Waals surface area contributed by atoms with Gasteiger partial charge in [0.05, 0.1) is 11.4 Å². The van der Waals surface area contributed by atoms with Gasteiger partial charge in [0.25, 0.3) is 0 Å². The first-order chi connectivity index (χ1) is 9.38. The van der Waals surface area contributed by atoms with Crippen molar-refractivity contribution in [1.82, 2.24) is 5.32 Å². The fraction of sp³-hybridized carbons (Fsp3) is 0.571. The summed E-state index contributed by atoms with van der Waals surface area (Å²) in [5.74, 6) is 0.856. The van der Waals surface area contributed by atoms with E-state index in [9.17, 15) is 8.42 Å². The summed E-state index contributed by atoms with van der Waals surface area (Å²) in [6.07, 6.45) is 1.42. The Morgan fingerprint density at radius 3 is 2.55 bits per heavy atom. The fourth-order valence-electron chi connectivity index (χ4n) is 2.51. The summed E-state index contributed by atoms with van der Waals surface area (Å²) in [4.78, 5) is 0. The van der Waals surface area contributed by atoms with Crippen molar-refractivity contribution in [2.75, 3.05) is 6.54 Å². The van der Waals surface area contributed by atoms with Crippen molar-refractivity contribution in [3.8, 4) is 5.75 Å². The molecule has 5 nitrogen and oxygen atoms in total. The lowest BCUT2D eigenvalue weighted by molar-refractivity contribution is 0.236. The third kappa shape index (κ3) is 3.71. The van der Waals surface area contributed by atoms with Crippen LogP contribution >= 0.6 is 0 Å². The van der Waals surface area contributed by atoms with Crippen molar-refractivity contribution < 1.29 is 13.2 Å². The summed E-state index contributed by atoms with van der Waals surface area (Å²) in [7, 11) is -3.45. The van der Waals surface area contributed by atoms with Crippen LogP contribution in [0.5, 0.6) is 5.75 Å². The van der Waals surface area contributed by atoms with E-state index in [-0.39, 0.29) is 12.1 Å². The van der Waals surface area contributed by atoms with Crippen LogP contribution < -0.4 is 15.2 Å². The molecule has 20 heavy (non-hydrogen) atoms. The topological polar surface area (TPSA) is 81.4 Å². The van der Waals surface area contributed by atoms with E-state index in [1.807, 2.05) is 38.1 Å². The Hall–Kier alpha value is -1.11. The summed E-state index contributed by atoms with van der Waals surface area (Å²) < 4.78 is 28.5. The molecule has 1 fully saturated rings. The number of ether oxygens (including phenoxy) is 1. The number of nitrogens with two attached hydrogens (primary N) is 1. The second-order valence-corrected chi connectivity index (χ2v) is 7.30. The van der Waals surface area contributed by atoms with Crippen molar-refractivity contribution in [3.05, 3.63) is 29.8 Å². The van der Waals surface area contributed by atoms with Gasteiger partial charge in [0, 0.05) is 18.2 Å². The van der Waals surface area contributed by atoms with Gasteiger partial charge in [0.2, 0.25) is 10.0 Å². The zero-order valence-electron chi connectivity index (χ0n) is 11.9. The molecular weight excluding hydrogens is 276 g/mol. The molecule has 1 aromatic rings. The third-order valence-electron chi connectivity index (χ3n) is 3.49. The minimum Gasteiger partial charge on any atom is -0.491 e. The van der Waals surface area contributed by atoms with Crippen LogP contribution in [0.4, 0.5) is 0 Å². The number of nitrogens with one attached hydrogen (secondary N) is 1. The van der Waals surface area contributed by atoms with E-state index < -0.39 is 15.3 Å². The number of hydrogen-bond donors (Lipinski definition) is 2. The molecule has 1 aliphatic rings. The number of primary sulfonamides is 1. The molecule has 0 aliphatic carbocycles. The predicted octanol–water partition coefficient (Wildman–Crippen LogP) is 1.56. The van der Waals surface area contributed by atoms with Crippen LogP contribution in [0.15, 0.2) is 24.3 Å². The molecule has 2 atom stereocenters. The first kappa shape index (κ1) is 15.3. The van der Waals surface area contributed by atoms with Gasteiger partial charge in [-0.1, -0.05) is 18.2 Å². The maximum absolute atomic E-state index is 11.4. The molecule has 0 bridgehead atoms. The lowest BCUT2D eigenvalue weighted by atomic mass is 9.96. The summed E-state index contributed by atoms with van der Waals surface area (Å²) >= 11 is 0. The minimum atomic E-state index is -3.45. The standard InChI is InChI=1S/C14H22N2O3S/c1-10(2)19-14-6-4-3-5-12(14)13-8-7-11(9-16-13)20(15,17)18/h3-6,10-11,13,16H,7-9H2,1-2H3,(H2,15,17,18). The predicted molar refractivity (Wildman–Crippen MR) is 79.1 cm³/mol. The maximum Gasteiger partial charge on any atom is 0.213 e. The molecule has 6 heteroatoms. The quantitative estimate of drug-likeness (QED) is 0.884. The van der Waals surface area contributed by atoms with E-state index in [1.165, 1.54) is 0 Å². The van der Waals surface area contributed by atoms with Gasteiger partial charge in [-0.25, -0.2) is 13.6 Å². The SMILES string of the molecule is CC(C)Oc1ccccc1C1CCC(S(N)(=O)=O)CN1. The van der Waals surface area contributed by atoms with Crippen LogP contribution in [0.2, 0.25) is 0 Å². The second-order valence-electron chi connectivity index (χ2n) is 5.45. The van der Waals surface area contributed by atoms with Crippen molar-refractivity contribution in [3.63, 3.8) is 0 Å². The van der Waals surface area contributed by atoms with Gasteiger partial charge in [0.15, 0.2) is 0 Å². The number of para-hydroxylation sites is 1. The van der Waals surface area contributed by atoms with Crippen LogP contribution in [0, 0.1) is 0 Å². The number of hydrogen-bond acceptors (Lipinski definition) is 4. The van der Waals surface area contributed by atoms with Crippen LogP contribution in [0.25, 0.3) is 0 Å². The van der Waals surface area contributed by atoms with Gasteiger partial charge in [-0.3, -0.25) is 0 Å². The first-order valence-electron chi connectivity index (χ1n) is 6.88. The molecule has 1 saturated heterocycles. The van der Waals surface area contributed by atoms with Crippen molar-refractivity contribution in [2.24, 2.45) is 5.14 Å². The molecule has 0 aromatic heterocycles. The molecule has 3 N–H and O–H groups in total. The molecule has 112 valence electrons. The second kappa shape index (κ2) is 6.11. The number of sulfonamides is 1. The summed E-state index contributed by atoms with van der Waals surface area (Å²) in [6.45, 7) is 4.36. The number of benzene rings is 1. The normalized spacial score (nSPS) is 23.8. The van der Waals surface area contributed by atoms with Gasteiger partial charge in [-0.05, 0) is 32.8 Å². The van der Waals surface area contributed by atoms with Crippen LogP contribution in [-0.2, 0) is 10.0 Å². The van der Waals surface area contributed by atoms with Crippen LogP contribution in [0.1, 0.15) is 38.3 Å². The zero-order valence-corrected chi connectivity index (χ0v) is 12.7. The summed E-state index contributed by atoms with van der Waals surface area (Å²) in [5.41, 5.74) is 1.08. The summed E-state index contributed by atoms with van der Waals surface area (Å²) in [5, 5.41) is 7.98. The monoisotopic (exact) mass is 298 g/mol. The molecule has 1 aliphatic heterocycles. The minimum absolute atomic E-state index is 0.108. The van der Waals surface area contributed by atoms with Gasteiger partial charge < -0.3 is 10.1 Å². The van der Waals surface area contributed by atoms with E-state index >= 15 is 0 Å².